The van der Waals surface area contributed by atoms with Crippen LogP contribution in [0.2, 0.25) is 0 Å². The molecule has 10 heteroatoms. The molecule has 40 heavy (non-hydrogen) atoms. The fourth-order valence-corrected chi connectivity index (χ4v) is 6.09. The molecule has 3 aromatic rings. The molecule has 0 aliphatic carbocycles. The number of hydrogen-bond acceptors (Lipinski definition) is 6. The van der Waals surface area contributed by atoms with Crippen molar-refractivity contribution in [1.82, 2.24) is 4.90 Å². The summed E-state index contributed by atoms with van der Waals surface area (Å²) >= 11 is 0. The lowest BCUT2D eigenvalue weighted by Crippen LogP contribution is -2.44. The zero-order valence-corrected chi connectivity index (χ0v) is 21.4. The van der Waals surface area contributed by atoms with Crippen molar-refractivity contribution in [3.8, 4) is 11.5 Å². The quantitative estimate of drug-likeness (QED) is 0.326. The lowest BCUT2D eigenvalue weighted by atomic mass is 9.83. The standard InChI is InChI=1S/C30H23F3N2O5/c1-39-21-11-10-17(14-22(21)40-2)27(36)26-24-23(25-20-9-4-3-6-16(20)12-13-34(25)26)28(37)35(29(24)38)19-8-5-7-18(15-19)30(31,32)33/h3-15,23-26H,1-2H3/t23-,24-,25+,26+/m1/s1. The Morgan fingerprint density at radius 3 is 2.30 bits per heavy atom. The summed E-state index contributed by atoms with van der Waals surface area (Å²) in [6, 6.07) is 14.4. The Bertz CT molecular complexity index is 1580. The van der Waals surface area contributed by atoms with Crippen molar-refractivity contribution in [2.75, 3.05) is 19.1 Å². The smallest absolute Gasteiger partial charge is 0.416 e. The summed E-state index contributed by atoms with van der Waals surface area (Å²) in [7, 11) is 2.90. The van der Waals surface area contributed by atoms with Crippen LogP contribution in [0.5, 0.6) is 11.5 Å². The number of hydrogen-bond donors (Lipinski definition) is 0. The zero-order valence-electron chi connectivity index (χ0n) is 21.4. The highest BCUT2D eigenvalue weighted by atomic mass is 19.4. The van der Waals surface area contributed by atoms with Crippen molar-refractivity contribution < 1.29 is 37.0 Å². The first-order chi connectivity index (χ1) is 19.2. The number of imide groups is 1. The van der Waals surface area contributed by atoms with Gasteiger partial charge < -0.3 is 14.4 Å². The van der Waals surface area contributed by atoms with E-state index < -0.39 is 53.3 Å². The summed E-state index contributed by atoms with van der Waals surface area (Å²) in [5.41, 5.74) is 0.678. The molecular weight excluding hydrogens is 525 g/mol. The van der Waals surface area contributed by atoms with Gasteiger partial charge in [0, 0.05) is 11.8 Å². The van der Waals surface area contributed by atoms with Crippen LogP contribution in [-0.4, -0.2) is 42.8 Å². The summed E-state index contributed by atoms with van der Waals surface area (Å²) < 4.78 is 51.0. The van der Waals surface area contributed by atoms with Crippen LogP contribution in [0, 0.1) is 11.8 Å². The van der Waals surface area contributed by atoms with Gasteiger partial charge in [-0.3, -0.25) is 14.4 Å². The molecule has 6 rings (SSSR count). The van der Waals surface area contributed by atoms with Crippen LogP contribution < -0.4 is 14.4 Å². The number of carbonyl (C=O) groups excluding carboxylic acids is 3. The number of fused-ring (bicyclic) bond motifs is 5. The minimum Gasteiger partial charge on any atom is -0.493 e. The van der Waals surface area contributed by atoms with Gasteiger partial charge in [0.15, 0.2) is 17.3 Å². The van der Waals surface area contributed by atoms with Gasteiger partial charge in [0.05, 0.1) is 43.3 Å². The lowest BCUT2D eigenvalue weighted by Gasteiger charge is -2.35. The summed E-state index contributed by atoms with van der Waals surface area (Å²) in [5, 5.41) is 0. The molecule has 3 aliphatic heterocycles. The number of halogens is 3. The van der Waals surface area contributed by atoms with E-state index in [1.807, 2.05) is 24.3 Å². The number of methoxy groups -OCH3 is 2. The summed E-state index contributed by atoms with van der Waals surface area (Å²) in [6.45, 7) is 0. The molecule has 0 unspecified atom stereocenters. The molecule has 2 saturated heterocycles. The molecule has 7 nitrogen and oxygen atoms in total. The number of Topliss-reactive ketones (excluding diaryl/α,β-unsaturated/α-hetero) is 1. The summed E-state index contributed by atoms with van der Waals surface area (Å²) in [5.74, 6) is -3.15. The number of alkyl halides is 3. The highest BCUT2D eigenvalue weighted by Gasteiger charge is 2.64. The number of carbonyl (C=O) groups is 3. The maximum absolute atomic E-state index is 14.1. The van der Waals surface area contributed by atoms with Crippen molar-refractivity contribution >= 4 is 29.4 Å². The monoisotopic (exact) mass is 548 g/mol. The van der Waals surface area contributed by atoms with Crippen LogP contribution in [0.25, 0.3) is 6.08 Å². The topological polar surface area (TPSA) is 76.2 Å². The normalized spacial score (nSPS) is 23.1. The molecule has 3 aliphatic rings. The molecule has 0 bridgehead atoms. The van der Waals surface area contributed by atoms with Gasteiger partial charge in [-0.05, 0) is 53.6 Å². The van der Waals surface area contributed by atoms with Crippen molar-refractivity contribution in [3.63, 3.8) is 0 Å². The van der Waals surface area contributed by atoms with Gasteiger partial charge in [0.25, 0.3) is 0 Å². The SMILES string of the molecule is COc1ccc(C(=O)[C@@H]2[C@@H]3C(=O)N(c4cccc(C(F)(F)F)c4)C(=O)[C@H]3[C@@H]3c4ccccc4C=CN23)cc1OC. The molecule has 0 spiro atoms. The second kappa shape index (κ2) is 9.25. The van der Waals surface area contributed by atoms with Crippen molar-refractivity contribution in [2.45, 2.75) is 18.3 Å². The number of amides is 2. The summed E-state index contributed by atoms with van der Waals surface area (Å²) in [6.07, 6.45) is -1.13. The Hall–Kier alpha value is -4.60. The van der Waals surface area contributed by atoms with Crippen LogP contribution in [0.15, 0.2) is 72.9 Å². The maximum atomic E-state index is 14.1. The zero-order chi connectivity index (χ0) is 28.3. The third-order valence-corrected chi connectivity index (χ3v) is 7.83. The first kappa shape index (κ1) is 25.7. The number of rotatable bonds is 5. The molecular formula is C30H23F3N2O5. The van der Waals surface area contributed by atoms with Gasteiger partial charge in [0.1, 0.15) is 6.04 Å². The molecule has 4 atom stereocenters. The number of nitrogens with zero attached hydrogens (tertiary/aromatic N) is 2. The first-order valence-electron chi connectivity index (χ1n) is 12.5. The van der Waals surface area contributed by atoms with Gasteiger partial charge in [0.2, 0.25) is 11.8 Å². The minimum atomic E-state index is -4.66. The van der Waals surface area contributed by atoms with E-state index in [0.717, 1.165) is 34.2 Å². The first-order valence-corrected chi connectivity index (χ1v) is 12.5. The Balaban J connectivity index is 1.48. The molecule has 2 fully saturated rings. The lowest BCUT2D eigenvalue weighted by molar-refractivity contribution is -0.137. The number of ketones is 1. The predicted molar refractivity (Wildman–Crippen MR) is 139 cm³/mol. The van der Waals surface area contributed by atoms with Crippen molar-refractivity contribution in [1.29, 1.82) is 0 Å². The van der Waals surface area contributed by atoms with E-state index in [1.54, 1.807) is 29.3 Å². The molecule has 0 aromatic heterocycles. The van der Waals surface area contributed by atoms with Gasteiger partial charge >= 0.3 is 6.18 Å². The fourth-order valence-electron chi connectivity index (χ4n) is 6.09. The average Bonchev–Trinajstić information content (AvgIpc) is 3.44. The third kappa shape index (κ3) is 3.77. The molecule has 3 heterocycles. The second-order valence-corrected chi connectivity index (χ2v) is 9.83. The van der Waals surface area contributed by atoms with E-state index in [-0.39, 0.29) is 11.3 Å². The number of ether oxygens (including phenoxy) is 2. The van der Waals surface area contributed by atoms with E-state index in [1.165, 1.54) is 26.4 Å². The van der Waals surface area contributed by atoms with Crippen LogP contribution in [0.1, 0.15) is 33.1 Å². The largest absolute Gasteiger partial charge is 0.493 e. The number of benzene rings is 3. The van der Waals surface area contributed by atoms with E-state index in [0.29, 0.717) is 11.5 Å². The molecule has 0 saturated carbocycles. The third-order valence-electron chi connectivity index (χ3n) is 7.83. The minimum absolute atomic E-state index is 0.178. The second-order valence-electron chi connectivity index (χ2n) is 9.83. The highest BCUT2D eigenvalue weighted by Crippen LogP contribution is 2.54. The Kier molecular flexibility index (Phi) is 5.94. The van der Waals surface area contributed by atoms with Crippen molar-refractivity contribution in [3.05, 3.63) is 95.2 Å². The van der Waals surface area contributed by atoms with Gasteiger partial charge in [-0.1, -0.05) is 30.3 Å². The fraction of sp³-hybridized carbons (Fsp3) is 0.233. The maximum Gasteiger partial charge on any atom is 0.416 e. The Morgan fingerprint density at radius 1 is 0.850 bits per heavy atom. The molecule has 3 aromatic carbocycles. The average molecular weight is 549 g/mol. The van der Waals surface area contributed by atoms with Gasteiger partial charge in [-0.2, -0.15) is 13.2 Å². The Morgan fingerprint density at radius 2 is 1.57 bits per heavy atom. The van der Waals surface area contributed by atoms with E-state index in [9.17, 15) is 27.6 Å². The van der Waals surface area contributed by atoms with E-state index >= 15 is 0 Å². The molecule has 0 radical (unpaired) electrons. The molecule has 204 valence electrons. The van der Waals surface area contributed by atoms with Gasteiger partial charge in [-0.25, -0.2) is 4.90 Å². The summed E-state index contributed by atoms with van der Waals surface area (Å²) in [4.78, 5) is 44.5. The highest BCUT2D eigenvalue weighted by molar-refractivity contribution is 6.24. The molecule has 0 N–H and O–H groups in total. The van der Waals surface area contributed by atoms with E-state index in [2.05, 4.69) is 0 Å². The van der Waals surface area contributed by atoms with Crippen LogP contribution >= 0.6 is 0 Å². The van der Waals surface area contributed by atoms with Crippen molar-refractivity contribution in [2.24, 2.45) is 11.8 Å². The van der Waals surface area contributed by atoms with E-state index in [4.69, 9.17) is 9.47 Å². The number of anilines is 1. The van der Waals surface area contributed by atoms with Crippen LogP contribution in [0.3, 0.4) is 0 Å². The Labute approximate surface area is 227 Å². The van der Waals surface area contributed by atoms with Crippen LogP contribution in [0.4, 0.5) is 18.9 Å². The van der Waals surface area contributed by atoms with Gasteiger partial charge in [-0.15, -0.1) is 0 Å². The predicted octanol–water partition coefficient (Wildman–Crippen LogP) is 5.12. The van der Waals surface area contributed by atoms with Crippen LogP contribution in [-0.2, 0) is 15.8 Å². The molecule has 2 amide bonds.